The lowest BCUT2D eigenvalue weighted by Gasteiger charge is -2.19. The maximum atomic E-state index is 11.8. The van der Waals surface area contributed by atoms with Gasteiger partial charge in [0.05, 0.1) is 0 Å². The van der Waals surface area contributed by atoms with E-state index >= 15 is 0 Å². The van der Waals surface area contributed by atoms with Crippen molar-refractivity contribution in [3.05, 3.63) is 34.4 Å². The van der Waals surface area contributed by atoms with Gasteiger partial charge in [-0.3, -0.25) is 4.79 Å². The Kier molecular flexibility index (Phi) is 5.55. The molecule has 1 atom stereocenters. The summed E-state index contributed by atoms with van der Waals surface area (Å²) >= 11 is 0. The van der Waals surface area contributed by atoms with Gasteiger partial charge in [-0.2, -0.15) is 0 Å². The Morgan fingerprint density at radius 1 is 1.21 bits per heavy atom. The summed E-state index contributed by atoms with van der Waals surface area (Å²) in [6.07, 6.45) is 1.32. The van der Waals surface area contributed by atoms with Crippen LogP contribution < -0.4 is 5.73 Å². The maximum Gasteiger partial charge on any atom is 0.223 e. The van der Waals surface area contributed by atoms with E-state index in [2.05, 4.69) is 32.9 Å². The Bertz CT molecular complexity index is 452. The van der Waals surface area contributed by atoms with Gasteiger partial charge in [0, 0.05) is 26.1 Å². The van der Waals surface area contributed by atoms with Crippen LogP contribution in [0, 0.1) is 20.8 Å². The van der Waals surface area contributed by atoms with Crippen LogP contribution in [0.5, 0.6) is 0 Å². The van der Waals surface area contributed by atoms with Crippen molar-refractivity contribution < 1.29 is 4.79 Å². The van der Waals surface area contributed by atoms with Crippen LogP contribution >= 0.6 is 0 Å². The summed E-state index contributed by atoms with van der Waals surface area (Å²) in [5.74, 6) is 0.122. The molecule has 1 rings (SSSR count). The van der Waals surface area contributed by atoms with E-state index in [4.69, 9.17) is 5.73 Å². The molecule has 0 saturated heterocycles. The number of likely N-dealkylation sites (N-methyl/N-ethyl adjacent to an activating group) is 1. The molecule has 106 valence electrons. The summed E-state index contributed by atoms with van der Waals surface area (Å²) in [5.41, 5.74) is 10.9. The SMILES string of the molecule is Cc1cc(C)c(CCN(C)C(=O)CC(C)N)cc1C. The number of amides is 1. The minimum absolute atomic E-state index is 0.0710. The molecule has 1 amide bonds. The van der Waals surface area contributed by atoms with Crippen LogP contribution in [0.2, 0.25) is 0 Å². The fraction of sp³-hybridized carbons (Fsp3) is 0.562. The Morgan fingerprint density at radius 2 is 1.79 bits per heavy atom. The summed E-state index contributed by atoms with van der Waals surface area (Å²) in [5, 5.41) is 0. The summed E-state index contributed by atoms with van der Waals surface area (Å²) < 4.78 is 0. The molecular weight excluding hydrogens is 236 g/mol. The third-order valence-corrected chi connectivity index (χ3v) is 3.59. The molecule has 2 N–H and O–H groups in total. The lowest BCUT2D eigenvalue weighted by molar-refractivity contribution is -0.130. The van der Waals surface area contributed by atoms with E-state index in [-0.39, 0.29) is 11.9 Å². The van der Waals surface area contributed by atoms with Crippen LogP contribution in [-0.2, 0) is 11.2 Å². The van der Waals surface area contributed by atoms with Crippen LogP contribution in [0.3, 0.4) is 0 Å². The van der Waals surface area contributed by atoms with E-state index in [0.717, 1.165) is 13.0 Å². The van der Waals surface area contributed by atoms with Crippen molar-refractivity contribution in [3.63, 3.8) is 0 Å². The van der Waals surface area contributed by atoms with Crippen molar-refractivity contribution in [2.75, 3.05) is 13.6 Å². The standard InChI is InChI=1S/C16H26N2O/c1-11-8-13(3)15(9-12(11)2)6-7-18(5)16(19)10-14(4)17/h8-9,14H,6-7,10,17H2,1-5H3. The lowest BCUT2D eigenvalue weighted by Crippen LogP contribution is -2.33. The van der Waals surface area contributed by atoms with Gasteiger partial charge in [0.15, 0.2) is 0 Å². The molecule has 0 aromatic heterocycles. The molecule has 3 heteroatoms. The van der Waals surface area contributed by atoms with Gasteiger partial charge in [0.2, 0.25) is 5.91 Å². The second-order valence-corrected chi connectivity index (χ2v) is 5.61. The summed E-state index contributed by atoms with van der Waals surface area (Å²) in [6, 6.07) is 4.38. The number of rotatable bonds is 5. The van der Waals surface area contributed by atoms with Crippen LogP contribution in [0.4, 0.5) is 0 Å². The zero-order valence-electron chi connectivity index (χ0n) is 12.8. The Labute approximate surface area is 116 Å². The van der Waals surface area contributed by atoms with Crippen molar-refractivity contribution in [2.24, 2.45) is 5.73 Å². The summed E-state index contributed by atoms with van der Waals surface area (Å²) in [4.78, 5) is 13.6. The Hall–Kier alpha value is -1.35. The monoisotopic (exact) mass is 262 g/mol. The summed E-state index contributed by atoms with van der Waals surface area (Å²) in [6.45, 7) is 8.99. The highest BCUT2D eigenvalue weighted by Gasteiger charge is 2.11. The largest absolute Gasteiger partial charge is 0.345 e. The first-order chi connectivity index (χ1) is 8.81. The fourth-order valence-electron chi connectivity index (χ4n) is 2.13. The van der Waals surface area contributed by atoms with Crippen molar-refractivity contribution >= 4 is 5.91 Å². The molecule has 1 aromatic carbocycles. The maximum absolute atomic E-state index is 11.8. The molecule has 0 aliphatic rings. The van der Waals surface area contributed by atoms with Gasteiger partial charge < -0.3 is 10.6 Å². The van der Waals surface area contributed by atoms with Crippen molar-refractivity contribution in [1.29, 1.82) is 0 Å². The summed E-state index contributed by atoms with van der Waals surface area (Å²) in [7, 11) is 1.85. The highest BCUT2D eigenvalue weighted by Crippen LogP contribution is 2.16. The molecule has 0 heterocycles. The Balaban J connectivity index is 2.62. The van der Waals surface area contributed by atoms with Crippen LogP contribution in [0.1, 0.15) is 35.6 Å². The second-order valence-electron chi connectivity index (χ2n) is 5.61. The first kappa shape index (κ1) is 15.7. The second kappa shape index (κ2) is 6.71. The van der Waals surface area contributed by atoms with Crippen molar-refractivity contribution in [1.82, 2.24) is 4.90 Å². The van der Waals surface area contributed by atoms with E-state index in [9.17, 15) is 4.79 Å². The first-order valence-electron chi connectivity index (χ1n) is 6.87. The topological polar surface area (TPSA) is 46.3 Å². The zero-order valence-corrected chi connectivity index (χ0v) is 12.8. The quantitative estimate of drug-likeness (QED) is 0.885. The van der Waals surface area contributed by atoms with Gasteiger partial charge in [-0.15, -0.1) is 0 Å². The number of aryl methyl sites for hydroxylation is 3. The number of hydrogen-bond donors (Lipinski definition) is 1. The zero-order chi connectivity index (χ0) is 14.6. The van der Waals surface area contributed by atoms with Crippen LogP contribution in [0.15, 0.2) is 12.1 Å². The van der Waals surface area contributed by atoms with Gasteiger partial charge >= 0.3 is 0 Å². The number of carbonyl (C=O) groups is 1. The molecule has 3 nitrogen and oxygen atoms in total. The van der Waals surface area contributed by atoms with Gasteiger partial charge in [-0.25, -0.2) is 0 Å². The van der Waals surface area contributed by atoms with E-state index < -0.39 is 0 Å². The molecule has 0 radical (unpaired) electrons. The minimum atomic E-state index is -0.0710. The number of benzene rings is 1. The van der Waals surface area contributed by atoms with E-state index in [1.165, 1.54) is 22.3 Å². The number of nitrogens with two attached hydrogens (primary N) is 1. The molecule has 1 unspecified atom stereocenters. The van der Waals surface area contributed by atoms with Crippen LogP contribution in [0.25, 0.3) is 0 Å². The van der Waals surface area contributed by atoms with E-state index in [1.807, 2.05) is 14.0 Å². The van der Waals surface area contributed by atoms with Crippen molar-refractivity contribution in [3.8, 4) is 0 Å². The van der Waals surface area contributed by atoms with Gasteiger partial charge in [-0.1, -0.05) is 12.1 Å². The molecule has 0 bridgehead atoms. The van der Waals surface area contributed by atoms with Gasteiger partial charge in [0.1, 0.15) is 0 Å². The third-order valence-electron chi connectivity index (χ3n) is 3.59. The van der Waals surface area contributed by atoms with E-state index in [1.54, 1.807) is 4.90 Å². The predicted octanol–water partition coefficient (Wildman–Crippen LogP) is 2.35. The molecule has 19 heavy (non-hydrogen) atoms. The number of hydrogen-bond acceptors (Lipinski definition) is 2. The normalized spacial score (nSPS) is 12.3. The third kappa shape index (κ3) is 4.67. The first-order valence-corrected chi connectivity index (χ1v) is 6.87. The molecule has 0 aliphatic heterocycles. The molecule has 0 fully saturated rings. The highest BCUT2D eigenvalue weighted by atomic mass is 16.2. The lowest BCUT2D eigenvalue weighted by atomic mass is 9.98. The molecule has 0 saturated carbocycles. The highest BCUT2D eigenvalue weighted by molar-refractivity contribution is 5.76. The molecule has 0 aliphatic carbocycles. The van der Waals surface area contributed by atoms with Gasteiger partial charge in [0.25, 0.3) is 0 Å². The van der Waals surface area contributed by atoms with E-state index in [0.29, 0.717) is 6.42 Å². The van der Waals surface area contributed by atoms with Gasteiger partial charge in [-0.05, 0) is 56.4 Å². The number of carbonyl (C=O) groups excluding carboxylic acids is 1. The molecule has 0 spiro atoms. The fourth-order valence-corrected chi connectivity index (χ4v) is 2.13. The van der Waals surface area contributed by atoms with Crippen LogP contribution in [-0.4, -0.2) is 30.4 Å². The Morgan fingerprint density at radius 3 is 2.37 bits per heavy atom. The molecular formula is C16H26N2O. The number of nitrogens with zero attached hydrogens (tertiary/aromatic N) is 1. The molecule has 1 aromatic rings. The smallest absolute Gasteiger partial charge is 0.223 e. The minimum Gasteiger partial charge on any atom is -0.345 e. The average Bonchev–Trinajstić information content (AvgIpc) is 2.30. The average molecular weight is 262 g/mol. The van der Waals surface area contributed by atoms with Crippen molar-refractivity contribution in [2.45, 2.75) is 46.6 Å². The predicted molar refractivity (Wildman–Crippen MR) is 80.3 cm³/mol.